The van der Waals surface area contributed by atoms with Crippen LogP contribution in [0.1, 0.15) is 25.5 Å². The quantitative estimate of drug-likeness (QED) is 0.839. The molecule has 0 aromatic carbocycles. The van der Waals surface area contributed by atoms with E-state index in [1.54, 1.807) is 24.6 Å². The summed E-state index contributed by atoms with van der Waals surface area (Å²) in [5, 5.41) is 2.92. The molecule has 2 atom stereocenters. The molecule has 0 amide bonds. The molecule has 0 saturated heterocycles. The Morgan fingerprint density at radius 3 is 2.91 bits per heavy atom. The third kappa shape index (κ3) is 2.55. The van der Waals surface area contributed by atoms with Gasteiger partial charge in [-0.05, 0) is 47.5 Å². The summed E-state index contributed by atoms with van der Waals surface area (Å²) in [5.74, 6) is 0.895. The third-order valence-corrected chi connectivity index (χ3v) is 5.42. The number of rotatable bonds is 3. The van der Waals surface area contributed by atoms with E-state index < -0.39 is 5.54 Å². The molecule has 6 heteroatoms. The van der Waals surface area contributed by atoms with Crippen molar-refractivity contribution >= 4 is 27.3 Å². The molecule has 4 nitrogen and oxygen atoms in total. The summed E-state index contributed by atoms with van der Waals surface area (Å²) in [7, 11) is 1.69. The molecule has 1 aliphatic rings. The number of allylic oxidation sites excluding steroid dienone is 1. The number of halogens is 1. The Kier molecular flexibility index (Phi) is 4.01. The third-order valence-electron chi connectivity index (χ3n) is 4.00. The van der Waals surface area contributed by atoms with Gasteiger partial charge in [-0.25, -0.2) is 4.98 Å². The normalized spacial score (nSPS) is 24.9. The first-order valence-electron chi connectivity index (χ1n) is 6.95. The molecule has 22 heavy (non-hydrogen) atoms. The van der Waals surface area contributed by atoms with Gasteiger partial charge in [0, 0.05) is 33.2 Å². The van der Waals surface area contributed by atoms with Gasteiger partial charge in [0.15, 0.2) is 0 Å². The fraction of sp³-hybridized carbons (Fsp3) is 0.312. The summed E-state index contributed by atoms with van der Waals surface area (Å²) in [5.41, 5.74) is 9.20. The van der Waals surface area contributed by atoms with Crippen molar-refractivity contribution in [1.29, 1.82) is 0 Å². The second kappa shape index (κ2) is 5.68. The van der Waals surface area contributed by atoms with Gasteiger partial charge in [0.2, 0.25) is 0 Å². The van der Waals surface area contributed by atoms with E-state index in [-0.39, 0.29) is 5.92 Å². The van der Waals surface area contributed by atoms with E-state index in [9.17, 15) is 0 Å². The lowest BCUT2D eigenvalue weighted by molar-refractivity contribution is 0.290. The van der Waals surface area contributed by atoms with Gasteiger partial charge in [-0.2, -0.15) is 0 Å². The summed E-state index contributed by atoms with van der Waals surface area (Å²) in [4.78, 5) is 7.85. The van der Waals surface area contributed by atoms with E-state index in [1.165, 1.54) is 0 Å². The summed E-state index contributed by atoms with van der Waals surface area (Å²) >= 11 is 5.23. The smallest absolute Gasteiger partial charge is 0.140 e. The summed E-state index contributed by atoms with van der Waals surface area (Å²) in [6, 6.07) is 2.09. The van der Waals surface area contributed by atoms with Crippen LogP contribution >= 0.6 is 27.3 Å². The largest absolute Gasteiger partial charge is 0.497 e. The van der Waals surface area contributed by atoms with Crippen molar-refractivity contribution in [2.45, 2.75) is 25.3 Å². The van der Waals surface area contributed by atoms with E-state index >= 15 is 0 Å². The number of nitrogens with two attached hydrogens (primary N) is 1. The number of H-pyrrole nitrogens is 1. The molecule has 1 aliphatic carbocycles. The number of aromatic nitrogens is 2. The zero-order valence-electron chi connectivity index (χ0n) is 12.7. The van der Waals surface area contributed by atoms with E-state index in [4.69, 9.17) is 10.5 Å². The van der Waals surface area contributed by atoms with Crippen molar-refractivity contribution in [2.24, 2.45) is 5.73 Å². The molecule has 3 rings (SSSR count). The van der Waals surface area contributed by atoms with E-state index in [0.717, 1.165) is 32.2 Å². The van der Waals surface area contributed by atoms with E-state index in [0.29, 0.717) is 0 Å². The van der Waals surface area contributed by atoms with Gasteiger partial charge in [-0.15, -0.1) is 11.3 Å². The van der Waals surface area contributed by atoms with Crippen LogP contribution in [-0.2, 0) is 4.74 Å². The lowest BCUT2D eigenvalue weighted by Crippen LogP contribution is -2.43. The van der Waals surface area contributed by atoms with Crippen molar-refractivity contribution in [3.8, 4) is 10.7 Å². The summed E-state index contributed by atoms with van der Waals surface area (Å²) in [6.45, 7) is 4.10. The van der Waals surface area contributed by atoms with Crippen molar-refractivity contribution < 1.29 is 4.74 Å². The van der Waals surface area contributed by atoms with Gasteiger partial charge in [0.25, 0.3) is 0 Å². The molecular weight excluding hydrogens is 362 g/mol. The number of hydrogen-bond donors (Lipinski definition) is 2. The maximum Gasteiger partial charge on any atom is 0.140 e. The van der Waals surface area contributed by atoms with Crippen LogP contribution in [0.5, 0.6) is 0 Å². The fourth-order valence-electron chi connectivity index (χ4n) is 3.00. The second-order valence-electron chi connectivity index (χ2n) is 5.67. The topological polar surface area (TPSA) is 63.9 Å². The van der Waals surface area contributed by atoms with Crippen LogP contribution in [0.3, 0.4) is 0 Å². The van der Waals surface area contributed by atoms with Crippen molar-refractivity contribution in [2.75, 3.05) is 7.11 Å². The first kappa shape index (κ1) is 15.5. The highest BCUT2D eigenvalue weighted by atomic mass is 79.9. The van der Waals surface area contributed by atoms with Gasteiger partial charge in [-0.1, -0.05) is 6.08 Å². The Hall–Kier alpha value is -1.37. The lowest BCUT2D eigenvalue weighted by Gasteiger charge is -2.35. The highest BCUT2D eigenvalue weighted by Crippen LogP contribution is 2.42. The van der Waals surface area contributed by atoms with Crippen LogP contribution < -0.4 is 5.73 Å². The van der Waals surface area contributed by atoms with Crippen LogP contribution in [0.25, 0.3) is 10.7 Å². The monoisotopic (exact) mass is 379 g/mol. The van der Waals surface area contributed by atoms with Gasteiger partial charge >= 0.3 is 0 Å². The first-order valence-corrected chi connectivity index (χ1v) is 8.62. The number of nitrogens with one attached hydrogen (secondary N) is 1. The molecule has 0 aliphatic heterocycles. The van der Waals surface area contributed by atoms with Crippen molar-refractivity contribution in [3.05, 3.63) is 51.3 Å². The molecule has 3 N–H and O–H groups in total. The number of hydrogen-bond acceptors (Lipinski definition) is 4. The lowest BCUT2D eigenvalue weighted by atomic mass is 9.76. The molecule has 2 aromatic heterocycles. The molecule has 116 valence electrons. The highest BCUT2D eigenvalue weighted by Gasteiger charge is 2.36. The summed E-state index contributed by atoms with van der Waals surface area (Å²) < 4.78 is 6.45. The highest BCUT2D eigenvalue weighted by molar-refractivity contribution is 9.10. The van der Waals surface area contributed by atoms with Gasteiger partial charge < -0.3 is 15.5 Å². The molecule has 0 radical (unpaired) electrons. The van der Waals surface area contributed by atoms with Crippen LogP contribution in [0.15, 0.2) is 45.6 Å². The Morgan fingerprint density at radius 2 is 2.27 bits per heavy atom. The molecule has 2 unspecified atom stereocenters. The second-order valence-corrected chi connectivity index (χ2v) is 7.42. The first-order chi connectivity index (χ1) is 10.4. The van der Waals surface area contributed by atoms with Crippen LogP contribution in [0.4, 0.5) is 0 Å². The molecule has 0 bridgehead atoms. The molecule has 0 spiro atoms. The number of thiazole rings is 1. The average Bonchev–Trinajstić information content (AvgIpc) is 3.08. The Bertz CT molecular complexity index is 744. The van der Waals surface area contributed by atoms with Crippen molar-refractivity contribution in [3.63, 3.8) is 0 Å². The fourth-order valence-corrected chi connectivity index (χ4v) is 4.31. The van der Waals surface area contributed by atoms with E-state index in [1.807, 2.05) is 24.5 Å². The average molecular weight is 380 g/mol. The number of aromatic amines is 1. The Balaban J connectivity index is 2.08. The van der Waals surface area contributed by atoms with Crippen molar-refractivity contribution in [1.82, 2.24) is 9.97 Å². The zero-order chi connectivity index (χ0) is 15.9. The molecule has 0 saturated carbocycles. The predicted molar refractivity (Wildman–Crippen MR) is 93.8 cm³/mol. The van der Waals surface area contributed by atoms with Gasteiger partial charge in [0.1, 0.15) is 10.8 Å². The maximum absolute atomic E-state index is 6.51. The minimum atomic E-state index is -0.476. The Morgan fingerprint density at radius 1 is 1.50 bits per heavy atom. The number of methoxy groups -OCH3 is 1. The number of nitrogens with zero attached hydrogens (tertiary/aromatic N) is 1. The summed E-state index contributed by atoms with van der Waals surface area (Å²) in [6.07, 6.45) is 5.75. The van der Waals surface area contributed by atoms with Crippen LogP contribution in [0, 0.1) is 0 Å². The van der Waals surface area contributed by atoms with Gasteiger partial charge in [0.05, 0.1) is 12.8 Å². The standard InChI is InChI=1S/C16H18BrN3OS/c1-9-12(21-3)4-5-16(2,18)13(9)11-8-10(17)14(20-11)15-19-6-7-22-15/h4-8,13,20H,18H2,1-3H3. The molecular formula is C16H18BrN3OS. The number of ether oxygens (including phenoxy) is 1. The predicted octanol–water partition coefficient (Wildman–Crippen LogP) is 4.19. The molecule has 0 fully saturated rings. The van der Waals surface area contributed by atoms with Crippen LogP contribution in [0.2, 0.25) is 0 Å². The van der Waals surface area contributed by atoms with Crippen LogP contribution in [-0.4, -0.2) is 22.6 Å². The SMILES string of the molecule is COC1=C(C)C(c2cc(Br)c(-c3nccs3)[nH]2)C(C)(N)C=C1. The van der Waals surface area contributed by atoms with Gasteiger partial charge in [-0.3, -0.25) is 0 Å². The minimum Gasteiger partial charge on any atom is -0.497 e. The Labute approximate surface area is 142 Å². The zero-order valence-corrected chi connectivity index (χ0v) is 15.1. The molecule has 2 heterocycles. The molecule has 2 aromatic rings. The maximum atomic E-state index is 6.51. The van der Waals surface area contributed by atoms with E-state index in [2.05, 4.69) is 38.9 Å². The minimum absolute atomic E-state index is 0.0254.